The van der Waals surface area contributed by atoms with Gasteiger partial charge in [0.2, 0.25) is 0 Å². The molecule has 0 unspecified atom stereocenters. The van der Waals surface area contributed by atoms with Crippen LogP contribution in [0.4, 0.5) is 0 Å². The topological polar surface area (TPSA) is 127 Å². The van der Waals surface area contributed by atoms with E-state index in [1.165, 1.54) is 13.2 Å². The third-order valence-corrected chi connectivity index (χ3v) is 5.78. The molecule has 0 aliphatic rings. The van der Waals surface area contributed by atoms with Crippen LogP contribution in [0.2, 0.25) is 0 Å². The molecular formula is C26H24N6O3. The average molecular weight is 469 g/mol. The highest BCUT2D eigenvalue weighted by molar-refractivity contribution is 5.89. The number of ether oxygens (including phenoxy) is 1. The van der Waals surface area contributed by atoms with Gasteiger partial charge in [0.05, 0.1) is 30.9 Å². The lowest BCUT2D eigenvalue weighted by atomic mass is 9.94. The number of nitriles is 1. The number of aromatic nitrogens is 5. The lowest BCUT2D eigenvalue weighted by molar-refractivity contribution is 0.0600. The summed E-state index contributed by atoms with van der Waals surface area (Å²) < 4.78 is 6.44. The number of tetrazole rings is 1. The summed E-state index contributed by atoms with van der Waals surface area (Å²) in [5.74, 6) is -0.0323. The molecule has 2 heterocycles. The van der Waals surface area contributed by atoms with E-state index in [9.17, 15) is 14.9 Å². The minimum absolute atomic E-state index is 0.242. The SMILES string of the molecule is CCCCc1cc(C(=O)OC)cc(=O)n1Cc1ccc(-c2ccccc2-c2nnn[nH]2)c(C#N)c1. The maximum atomic E-state index is 12.9. The third kappa shape index (κ3) is 5.01. The van der Waals surface area contributed by atoms with Gasteiger partial charge in [-0.25, -0.2) is 9.89 Å². The van der Waals surface area contributed by atoms with Gasteiger partial charge in [-0.1, -0.05) is 49.7 Å². The minimum Gasteiger partial charge on any atom is -0.465 e. The maximum Gasteiger partial charge on any atom is 0.338 e. The van der Waals surface area contributed by atoms with Gasteiger partial charge in [-0.3, -0.25) is 4.79 Å². The molecule has 9 heteroatoms. The van der Waals surface area contributed by atoms with Crippen LogP contribution in [0.1, 0.15) is 46.9 Å². The number of methoxy groups -OCH3 is 1. The van der Waals surface area contributed by atoms with Crippen molar-refractivity contribution < 1.29 is 9.53 Å². The Kier molecular flexibility index (Phi) is 7.12. The first-order chi connectivity index (χ1) is 17.0. The molecule has 35 heavy (non-hydrogen) atoms. The standard InChI is InChI=1S/C26H24N6O3/c1-3-4-7-20-13-18(26(34)35-2)14-24(33)32(20)16-17-10-11-21(19(12-17)15-27)22-8-5-6-9-23(22)25-28-30-31-29-25/h5-6,8-14H,3-4,7,16H2,1-2H3,(H,28,29,30,31). The summed E-state index contributed by atoms with van der Waals surface area (Å²) in [6.45, 7) is 2.35. The van der Waals surface area contributed by atoms with Crippen LogP contribution in [-0.2, 0) is 17.7 Å². The number of nitrogens with one attached hydrogen (secondary N) is 1. The first-order valence-corrected chi connectivity index (χ1v) is 11.2. The number of unbranched alkanes of at least 4 members (excludes halogenated alkanes) is 1. The normalized spacial score (nSPS) is 10.7. The summed E-state index contributed by atoms with van der Waals surface area (Å²) in [5, 5.41) is 24.0. The molecule has 2 aromatic heterocycles. The lowest BCUT2D eigenvalue weighted by Gasteiger charge is -2.15. The number of nitrogens with zero attached hydrogens (tertiary/aromatic N) is 5. The van der Waals surface area contributed by atoms with Gasteiger partial charge in [-0.05, 0) is 46.5 Å². The van der Waals surface area contributed by atoms with E-state index in [1.807, 2.05) is 36.4 Å². The van der Waals surface area contributed by atoms with Gasteiger partial charge in [-0.2, -0.15) is 5.26 Å². The Hall–Kier alpha value is -4.58. The molecule has 0 bridgehead atoms. The zero-order chi connectivity index (χ0) is 24.8. The zero-order valence-electron chi connectivity index (χ0n) is 19.5. The van der Waals surface area contributed by atoms with Crippen molar-refractivity contribution in [2.24, 2.45) is 0 Å². The molecule has 1 N–H and O–H groups in total. The molecular weight excluding hydrogens is 444 g/mol. The quantitative estimate of drug-likeness (QED) is 0.390. The highest BCUT2D eigenvalue weighted by Crippen LogP contribution is 2.32. The van der Waals surface area contributed by atoms with Gasteiger partial charge in [-0.15, -0.1) is 5.10 Å². The Bertz CT molecular complexity index is 1450. The summed E-state index contributed by atoms with van der Waals surface area (Å²) >= 11 is 0. The number of carbonyl (C=O) groups excluding carboxylic acids is 1. The number of rotatable bonds is 8. The van der Waals surface area contributed by atoms with Crippen molar-refractivity contribution in [3.8, 4) is 28.6 Å². The Morgan fingerprint density at radius 3 is 2.60 bits per heavy atom. The van der Waals surface area contributed by atoms with E-state index >= 15 is 0 Å². The molecule has 176 valence electrons. The van der Waals surface area contributed by atoms with E-state index < -0.39 is 5.97 Å². The molecule has 0 atom stereocenters. The predicted octanol–water partition coefficient (Wildman–Crippen LogP) is 3.74. The Morgan fingerprint density at radius 2 is 1.91 bits per heavy atom. The minimum atomic E-state index is -0.538. The van der Waals surface area contributed by atoms with Crippen molar-refractivity contribution in [3.63, 3.8) is 0 Å². The number of H-pyrrole nitrogens is 1. The fourth-order valence-corrected chi connectivity index (χ4v) is 4.03. The number of esters is 1. The van der Waals surface area contributed by atoms with Crippen molar-refractivity contribution in [1.82, 2.24) is 25.2 Å². The molecule has 4 aromatic rings. The van der Waals surface area contributed by atoms with Crippen LogP contribution in [0, 0.1) is 11.3 Å². The Balaban J connectivity index is 1.74. The predicted molar refractivity (Wildman–Crippen MR) is 130 cm³/mol. The van der Waals surface area contributed by atoms with E-state index in [0.29, 0.717) is 17.8 Å². The second kappa shape index (κ2) is 10.6. The van der Waals surface area contributed by atoms with Crippen LogP contribution in [0.15, 0.2) is 59.4 Å². The zero-order valence-corrected chi connectivity index (χ0v) is 19.5. The molecule has 0 saturated carbocycles. The molecule has 0 saturated heterocycles. The highest BCUT2D eigenvalue weighted by Gasteiger charge is 2.16. The van der Waals surface area contributed by atoms with Crippen LogP contribution in [-0.4, -0.2) is 38.3 Å². The Labute approximate surface area is 202 Å². The van der Waals surface area contributed by atoms with Gasteiger partial charge in [0.25, 0.3) is 5.56 Å². The average Bonchev–Trinajstić information content (AvgIpc) is 3.43. The van der Waals surface area contributed by atoms with Crippen molar-refractivity contribution in [2.45, 2.75) is 32.7 Å². The highest BCUT2D eigenvalue weighted by atomic mass is 16.5. The summed E-state index contributed by atoms with van der Waals surface area (Å²) in [4.78, 5) is 24.9. The van der Waals surface area contributed by atoms with E-state index in [-0.39, 0.29) is 17.7 Å². The molecule has 2 aromatic carbocycles. The monoisotopic (exact) mass is 468 g/mol. The van der Waals surface area contributed by atoms with Crippen molar-refractivity contribution in [1.29, 1.82) is 5.26 Å². The summed E-state index contributed by atoms with van der Waals surface area (Å²) in [6, 6.07) is 18.4. The van der Waals surface area contributed by atoms with Crippen LogP contribution in [0.25, 0.3) is 22.5 Å². The number of carbonyl (C=O) groups is 1. The van der Waals surface area contributed by atoms with Gasteiger partial charge >= 0.3 is 5.97 Å². The Morgan fingerprint density at radius 1 is 1.11 bits per heavy atom. The molecule has 0 fully saturated rings. The summed E-state index contributed by atoms with van der Waals surface area (Å²) in [5.41, 5.74) is 4.31. The largest absolute Gasteiger partial charge is 0.465 e. The smallest absolute Gasteiger partial charge is 0.338 e. The van der Waals surface area contributed by atoms with E-state index in [0.717, 1.165) is 40.8 Å². The van der Waals surface area contributed by atoms with Gasteiger partial charge in [0.1, 0.15) is 0 Å². The molecule has 0 aliphatic heterocycles. The fraction of sp³-hybridized carbons (Fsp3) is 0.231. The molecule has 9 nitrogen and oxygen atoms in total. The first kappa shape index (κ1) is 23.6. The second-order valence-electron chi connectivity index (χ2n) is 8.04. The van der Waals surface area contributed by atoms with E-state index in [4.69, 9.17) is 4.74 Å². The van der Waals surface area contributed by atoms with Crippen molar-refractivity contribution in [2.75, 3.05) is 7.11 Å². The second-order valence-corrected chi connectivity index (χ2v) is 8.04. The molecule has 0 radical (unpaired) electrons. The summed E-state index contributed by atoms with van der Waals surface area (Å²) in [7, 11) is 1.29. The van der Waals surface area contributed by atoms with Crippen LogP contribution >= 0.6 is 0 Å². The number of pyridine rings is 1. The van der Waals surface area contributed by atoms with Crippen molar-refractivity contribution in [3.05, 3.63) is 87.3 Å². The van der Waals surface area contributed by atoms with Gasteiger partial charge in [0, 0.05) is 22.9 Å². The van der Waals surface area contributed by atoms with E-state index in [2.05, 4.69) is 33.6 Å². The molecule has 0 spiro atoms. The molecule has 0 amide bonds. The van der Waals surface area contributed by atoms with Crippen LogP contribution in [0.3, 0.4) is 0 Å². The maximum absolute atomic E-state index is 12.9. The number of benzene rings is 2. The third-order valence-electron chi connectivity index (χ3n) is 5.78. The number of aromatic amines is 1. The van der Waals surface area contributed by atoms with Crippen LogP contribution < -0.4 is 5.56 Å². The van der Waals surface area contributed by atoms with E-state index in [1.54, 1.807) is 16.7 Å². The molecule has 0 aliphatic carbocycles. The molecule has 4 rings (SSSR count). The number of hydrogen-bond acceptors (Lipinski definition) is 7. The fourth-order valence-electron chi connectivity index (χ4n) is 4.03. The van der Waals surface area contributed by atoms with Crippen molar-refractivity contribution >= 4 is 5.97 Å². The van der Waals surface area contributed by atoms with Crippen LogP contribution in [0.5, 0.6) is 0 Å². The lowest BCUT2D eigenvalue weighted by Crippen LogP contribution is -2.25. The summed E-state index contributed by atoms with van der Waals surface area (Å²) in [6.07, 6.45) is 2.47. The first-order valence-electron chi connectivity index (χ1n) is 11.2. The number of hydrogen-bond donors (Lipinski definition) is 1. The van der Waals surface area contributed by atoms with Gasteiger partial charge < -0.3 is 9.30 Å². The number of aryl methyl sites for hydroxylation is 1. The van der Waals surface area contributed by atoms with Gasteiger partial charge in [0.15, 0.2) is 5.82 Å².